The van der Waals surface area contributed by atoms with E-state index in [1.165, 1.54) is 15.8 Å². The maximum atomic E-state index is 12.9. The Hall–Kier alpha value is -4.14. The summed E-state index contributed by atoms with van der Waals surface area (Å²) in [6.45, 7) is 2.28. The number of nitrogens with one attached hydrogen (secondary N) is 1. The highest BCUT2D eigenvalue weighted by Gasteiger charge is 2.29. The summed E-state index contributed by atoms with van der Waals surface area (Å²) in [6.07, 6.45) is 0.480. The lowest BCUT2D eigenvalue weighted by Gasteiger charge is -2.20. The Bertz CT molecular complexity index is 1190. The molecule has 0 aliphatic heterocycles. The Morgan fingerprint density at radius 1 is 1.09 bits per heavy atom. The van der Waals surface area contributed by atoms with Gasteiger partial charge >= 0.3 is 12.1 Å². The molecule has 0 saturated carbocycles. The summed E-state index contributed by atoms with van der Waals surface area (Å²) in [5.74, 6) is -1.30. The van der Waals surface area contributed by atoms with Crippen LogP contribution in [0, 0.1) is 0 Å². The Labute approximate surface area is 196 Å². The van der Waals surface area contributed by atoms with Crippen LogP contribution < -0.4 is 5.32 Å². The predicted molar refractivity (Wildman–Crippen MR) is 126 cm³/mol. The standard InChI is InChI=1S/C25H26N4O5/c1-3-29(13-12-22(30)31)24(32)20-14-26-28(2)23(20)27-25(33)34-15-21-18-10-6-4-8-16(18)17-9-5-7-11-19(17)21/h4-11,14,21H,3,12-13,15H2,1-2H3,(H,27,33)(H,30,31). The van der Waals surface area contributed by atoms with E-state index in [1.54, 1.807) is 14.0 Å². The van der Waals surface area contributed by atoms with Gasteiger partial charge in [0, 0.05) is 26.1 Å². The first-order chi connectivity index (χ1) is 16.4. The van der Waals surface area contributed by atoms with Crippen LogP contribution in [-0.2, 0) is 16.6 Å². The highest BCUT2D eigenvalue weighted by Crippen LogP contribution is 2.44. The van der Waals surface area contributed by atoms with Gasteiger partial charge in [-0.15, -0.1) is 0 Å². The fourth-order valence-corrected chi connectivity index (χ4v) is 4.28. The number of amides is 2. The number of nitrogens with zero attached hydrogens (tertiary/aromatic N) is 3. The van der Waals surface area contributed by atoms with E-state index in [1.807, 2.05) is 36.4 Å². The molecule has 9 heteroatoms. The molecule has 0 saturated heterocycles. The van der Waals surface area contributed by atoms with E-state index in [0.717, 1.165) is 22.3 Å². The monoisotopic (exact) mass is 462 g/mol. The summed E-state index contributed by atoms with van der Waals surface area (Å²) < 4.78 is 6.95. The van der Waals surface area contributed by atoms with Crippen molar-refractivity contribution in [2.45, 2.75) is 19.3 Å². The highest BCUT2D eigenvalue weighted by atomic mass is 16.5. The van der Waals surface area contributed by atoms with E-state index in [4.69, 9.17) is 9.84 Å². The third kappa shape index (κ3) is 4.50. The Balaban J connectivity index is 1.46. The largest absolute Gasteiger partial charge is 0.481 e. The first-order valence-electron chi connectivity index (χ1n) is 11.1. The van der Waals surface area contributed by atoms with Gasteiger partial charge in [-0.05, 0) is 29.2 Å². The lowest BCUT2D eigenvalue weighted by molar-refractivity contribution is -0.137. The summed E-state index contributed by atoms with van der Waals surface area (Å²) in [7, 11) is 1.60. The second kappa shape index (κ2) is 9.78. The van der Waals surface area contributed by atoms with Crippen molar-refractivity contribution in [3.63, 3.8) is 0 Å². The van der Waals surface area contributed by atoms with Gasteiger partial charge in [0.05, 0.1) is 12.6 Å². The van der Waals surface area contributed by atoms with Crippen LogP contribution >= 0.6 is 0 Å². The number of benzene rings is 2. The van der Waals surface area contributed by atoms with Crippen LogP contribution in [0.2, 0.25) is 0 Å². The molecule has 0 atom stereocenters. The fourth-order valence-electron chi connectivity index (χ4n) is 4.28. The Kier molecular flexibility index (Phi) is 6.62. The van der Waals surface area contributed by atoms with Gasteiger partial charge in [-0.25, -0.2) is 4.79 Å². The molecule has 0 spiro atoms. The first kappa shape index (κ1) is 23.0. The minimum Gasteiger partial charge on any atom is -0.481 e. The molecule has 176 valence electrons. The number of aliphatic carboxylic acids is 1. The van der Waals surface area contributed by atoms with Gasteiger partial charge < -0.3 is 14.7 Å². The van der Waals surface area contributed by atoms with E-state index in [0.29, 0.717) is 6.54 Å². The quantitative estimate of drug-likeness (QED) is 0.527. The smallest absolute Gasteiger partial charge is 0.412 e. The van der Waals surface area contributed by atoms with Crippen molar-refractivity contribution in [2.24, 2.45) is 7.05 Å². The SMILES string of the molecule is CCN(CCC(=O)O)C(=O)c1cnn(C)c1NC(=O)OCC1c2ccccc2-c2ccccc21. The fraction of sp³-hybridized carbons (Fsp3) is 0.280. The van der Waals surface area contributed by atoms with Crippen molar-refractivity contribution in [3.05, 3.63) is 71.4 Å². The van der Waals surface area contributed by atoms with Crippen molar-refractivity contribution >= 4 is 23.8 Å². The van der Waals surface area contributed by atoms with E-state index in [2.05, 4.69) is 22.5 Å². The van der Waals surface area contributed by atoms with Crippen LogP contribution in [0.1, 0.15) is 40.7 Å². The van der Waals surface area contributed by atoms with Crippen molar-refractivity contribution in [2.75, 3.05) is 25.0 Å². The lowest BCUT2D eigenvalue weighted by atomic mass is 9.98. The average Bonchev–Trinajstić information content (AvgIpc) is 3.35. The van der Waals surface area contributed by atoms with E-state index >= 15 is 0 Å². The average molecular weight is 463 g/mol. The molecule has 0 bridgehead atoms. The number of aryl methyl sites for hydroxylation is 1. The summed E-state index contributed by atoms with van der Waals surface area (Å²) in [5.41, 5.74) is 4.64. The highest BCUT2D eigenvalue weighted by molar-refractivity contribution is 6.01. The number of hydrogen-bond donors (Lipinski definition) is 2. The second-order valence-electron chi connectivity index (χ2n) is 8.01. The van der Waals surface area contributed by atoms with Crippen LogP contribution in [0.4, 0.5) is 10.6 Å². The van der Waals surface area contributed by atoms with Crippen LogP contribution in [0.5, 0.6) is 0 Å². The van der Waals surface area contributed by atoms with Crippen molar-refractivity contribution in [1.29, 1.82) is 0 Å². The number of aromatic nitrogens is 2. The van der Waals surface area contributed by atoms with Gasteiger partial charge in [0.2, 0.25) is 0 Å². The van der Waals surface area contributed by atoms with E-state index < -0.39 is 18.0 Å². The molecule has 1 aromatic heterocycles. The van der Waals surface area contributed by atoms with Gasteiger partial charge in [-0.1, -0.05) is 48.5 Å². The lowest BCUT2D eigenvalue weighted by Crippen LogP contribution is -2.33. The van der Waals surface area contributed by atoms with Crippen molar-refractivity contribution in [3.8, 4) is 11.1 Å². The molecule has 0 radical (unpaired) electrons. The second-order valence-corrected chi connectivity index (χ2v) is 8.01. The predicted octanol–water partition coefficient (Wildman–Crippen LogP) is 3.72. The summed E-state index contributed by atoms with van der Waals surface area (Å²) in [5, 5.41) is 15.6. The Morgan fingerprint density at radius 3 is 2.29 bits per heavy atom. The summed E-state index contributed by atoms with van der Waals surface area (Å²) >= 11 is 0. The van der Waals surface area contributed by atoms with Gasteiger partial charge in [0.25, 0.3) is 5.91 Å². The molecule has 2 N–H and O–H groups in total. The molecule has 1 heterocycles. The summed E-state index contributed by atoms with van der Waals surface area (Å²) in [6, 6.07) is 16.1. The number of hydrogen-bond acceptors (Lipinski definition) is 5. The topological polar surface area (TPSA) is 114 Å². The normalized spacial score (nSPS) is 12.1. The van der Waals surface area contributed by atoms with Gasteiger partial charge in [-0.3, -0.25) is 19.6 Å². The van der Waals surface area contributed by atoms with Crippen molar-refractivity contribution < 1.29 is 24.2 Å². The first-order valence-corrected chi connectivity index (χ1v) is 11.1. The number of carboxylic acids is 1. The molecule has 3 aromatic rings. The molecule has 0 unspecified atom stereocenters. The minimum absolute atomic E-state index is 0.0595. The molecule has 0 fully saturated rings. The number of carbonyl (C=O) groups is 3. The zero-order valence-corrected chi connectivity index (χ0v) is 19.0. The molecular formula is C25H26N4O5. The molecule has 34 heavy (non-hydrogen) atoms. The zero-order valence-electron chi connectivity index (χ0n) is 19.0. The molecular weight excluding hydrogens is 436 g/mol. The van der Waals surface area contributed by atoms with Crippen LogP contribution in [-0.4, -0.2) is 57.5 Å². The third-order valence-corrected chi connectivity index (χ3v) is 6.00. The van der Waals surface area contributed by atoms with Crippen molar-refractivity contribution in [1.82, 2.24) is 14.7 Å². The van der Waals surface area contributed by atoms with E-state index in [-0.39, 0.29) is 36.9 Å². The van der Waals surface area contributed by atoms with Gasteiger partial charge in [0.15, 0.2) is 0 Å². The minimum atomic E-state index is -0.991. The van der Waals surface area contributed by atoms with Crippen LogP contribution in [0.15, 0.2) is 54.7 Å². The number of fused-ring (bicyclic) bond motifs is 3. The summed E-state index contributed by atoms with van der Waals surface area (Å²) in [4.78, 5) is 37.9. The van der Waals surface area contributed by atoms with Gasteiger partial charge in [-0.2, -0.15) is 5.10 Å². The third-order valence-electron chi connectivity index (χ3n) is 6.00. The molecule has 2 amide bonds. The van der Waals surface area contributed by atoms with E-state index in [9.17, 15) is 14.4 Å². The number of ether oxygens (including phenoxy) is 1. The molecule has 1 aliphatic rings. The number of carbonyl (C=O) groups excluding carboxylic acids is 2. The molecule has 4 rings (SSSR count). The van der Waals surface area contributed by atoms with Crippen LogP contribution in [0.3, 0.4) is 0 Å². The molecule has 1 aliphatic carbocycles. The zero-order chi connectivity index (χ0) is 24.2. The number of rotatable bonds is 8. The van der Waals surface area contributed by atoms with Gasteiger partial charge in [0.1, 0.15) is 18.0 Å². The maximum absolute atomic E-state index is 12.9. The number of anilines is 1. The van der Waals surface area contributed by atoms with Crippen LogP contribution in [0.25, 0.3) is 11.1 Å². The number of carboxylic acid groups (broad SMARTS) is 1. The Morgan fingerprint density at radius 2 is 1.71 bits per heavy atom. The molecule has 2 aromatic carbocycles. The molecule has 9 nitrogen and oxygen atoms in total. The maximum Gasteiger partial charge on any atom is 0.412 e.